The van der Waals surface area contributed by atoms with Crippen molar-refractivity contribution < 1.29 is 29.9 Å². The summed E-state index contributed by atoms with van der Waals surface area (Å²) in [5, 5.41) is 40.2. The lowest BCUT2D eigenvalue weighted by molar-refractivity contribution is -0.350. The predicted octanol–water partition coefficient (Wildman–Crippen LogP) is 5.58. The fraction of sp³-hybridized carbons (Fsp3) is 0.882. The summed E-state index contributed by atoms with van der Waals surface area (Å²) in [7, 11) is 0. The van der Waals surface area contributed by atoms with Gasteiger partial charge in [-0.15, -0.1) is 0 Å². The van der Waals surface area contributed by atoms with Crippen LogP contribution in [0.1, 0.15) is 99.3 Å². The van der Waals surface area contributed by atoms with Gasteiger partial charge in [0.25, 0.3) is 0 Å². The Morgan fingerprint density at radius 3 is 2.33 bits per heavy atom. The highest BCUT2D eigenvalue weighted by Gasteiger charge is 2.58. The Labute approximate surface area is 242 Å². The van der Waals surface area contributed by atoms with Gasteiger partial charge in [-0.05, 0) is 110 Å². The van der Waals surface area contributed by atoms with Gasteiger partial charge in [0.05, 0.1) is 6.10 Å². The summed E-state index contributed by atoms with van der Waals surface area (Å²) in [6.45, 7) is 14.6. The Morgan fingerprint density at radius 2 is 1.62 bits per heavy atom. The molecule has 0 radical (unpaired) electrons. The second kappa shape index (κ2) is 11.7. The molecule has 5 rings (SSSR count). The molecule has 3 saturated carbocycles. The molecule has 1 saturated heterocycles. The molecule has 1 aliphatic heterocycles. The van der Waals surface area contributed by atoms with Gasteiger partial charge < -0.3 is 29.9 Å². The van der Waals surface area contributed by atoms with Gasteiger partial charge in [-0.2, -0.15) is 0 Å². The highest BCUT2D eigenvalue weighted by molar-refractivity contribution is 5.28. The number of aliphatic hydroxyl groups excluding tert-OH is 4. The Kier molecular flexibility index (Phi) is 9.00. The summed E-state index contributed by atoms with van der Waals surface area (Å²) in [4.78, 5) is 0. The second-order valence-electron chi connectivity index (χ2n) is 14.9. The van der Waals surface area contributed by atoms with Crippen LogP contribution in [0.5, 0.6) is 0 Å². The minimum atomic E-state index is -1.56. The standard InChI is InChI=1S/C34H56O6/c1-7-21(19(2)3)9-8-20(4)25-12-13-26-24-11-10-22-18-23(39-32-30(37)28(35)29(36)31(38)40-32)14-16-33(22,5)27(24)15-17-34(25,26)6/h8-9,11,19-23,25-32,35-38H,7,10,12-18H2,1-6H3/b9-8+/t20-,21-,22+,23+,25+,26-,27-,28-,29-,30+,31+,32-,33+,34-/m1/s1. The van der Waals surface area contributed by atoms with Crippen molar-refractivity contribution >= 4 is 0 Å². The molecule has 0 aromatic carbocycles. The predicted molar refractivity (Wildman–Crippen MR) is 156 cm³/mol. The van der Waals surface area contributed by atoms with Gasteiger partial charge in [0.15, 0.2) is 12.6 Å². The number of ether oxygens (including phenoxy) is 2. The number of hydrogen-bond donors (Lipinski definition) is 4. The van der Waals surface area contributed by atoms with E-state index in [-0.39, 0.29) is 11.5 Å². The third-order valence-electron chi connectivity index (χ3n) is 12.6. The van der Waals surface area contributed by atoms with Gasteiger partial charge in [0.2, 0.25) is 0 Å². The first-order valence-corrected chi connectivity index (χ1v) is 16.3. The molecule has 4 N–H and O–H groups in total. The maximum atomic E-state index is 10.4. The lowest BCUT2D eigenvalue weighted by atomic mass is 9.47. The first kappa shape index (κ1) is 30.7. The molecule has 0 amide bonds. The van der Waals surface area contributed by atoms with Crippen LogP contribution in [0.2, 0.25) is 0 Å². The molecule has 6 nitrogen and oxygen atoms in total. The number of fused-ring (bicyclic) bond motifs is 5. The Balaban J connectivity index is 1.26. The van der Waals surface area contributed by atoms with Crippen LogP contribution in [0.15, 0.2) is 23.8 Å². The Morgan fingerprint density at radius 1 is 0.925 bits per heavy atom. The summed E-state index contributed by atoms with van der Waals surface area (Å²) in [6, 6.07) is 0. The molecule has 228 valence electrons. The first-order valence-electron chi connectivity index (χ1n) is 16.3. The van der Waals surface area contributed by atoms with E-state index in [0.29, 0.717) is 40.9 Å². The maximum Gasteiger partial charge on any atom is 0.189 e. The Bertz CT molecular complexity index is 947. The molecule has 0 aromatic rings. The molecule has 1 heterocycles. The zero-order valence-corrected chi connectivity index (χ0v) is 25.7. The molecule has 0 spiro atoms. The van der Waals surface area contributed by atoms with Crippen molar-refractivity contribution in [2.75, 3.05) is 0 Å². The van der Waals surface area contributed by atoms with Crippen LogP contribution in [-0.4, -0.2) is 57.4 Å². The van der Waals surface area contributed by atoms with E-state index in [4.69, 9.17) is 9.47 Å². The van der Waals surface area contributed by atoms with Crippen molar-refractivity contribution in [1.29, 1.82) is 0 Å². The van der Waals surface area contributed by atoms with E-state index < -0.39 is 30.9 Å². The normalized spacial score (nSPS) is 48.8. The first-order chi connectivity index (χ1) is 18.9. The molecular formula is C34H56O6. The topological polar surface area (TPSA) is 99.4 Å². The van der Waals surface area contributed by atoms with Gasteiger partial charge >= 0.3 is 0 Å². The summed E-state index contributed by atoms with van der Waals surface area (Å²) >= 11 is 0. The van der Waals surface area contributed by atoms with Crippen LogP contribution in [-0.2, 0) is 9.47 Å². The fourth-order valence-corrected chi connectivity index (χ4v) is 9.92. The third kappa shape index (κ3) is 5.28. The van der Waals surface area contributed by atoms with Crippen LogP contribution >= 0.6 is 0 Å². The molecule has 5 aliphatic rings. The number of rotatable bonds is 7. The van der Waals surface area contributed by atoms with Crippen LogP contribution in [0.3, 0.4) is 0 Å². The van der Waals surface area contributed by atoms with Crippen molar-refractivity contribution in [3.63, 3.8) is 0 Å². The smallest absolute Gasteiger partial charge is 0.189 e. The zero-order chi connectivity index (χ0) is 29.0. The van der Waals surface area contributed by atoms with E-state index in [9.17, 15) is 20.4 Å². The van der Waals surface area contributed by atoms with E-state index in [1.165, 1.54) is 32.1 Å². The summed E-state index contributed by atoms with van der Waals surface area (Å²) in [6.07, 6.45) is 10.8. The fourth-order valence-electron chi connectivity index (χ4n) is 9.92. The van der Waals surface area contributed by atoms with E-state index in [1.54, 1.807) is 5.57 Å². The lowest BCUT2D eigenvalue weighted by Crippen LogP contribution is -2.59. The zero-order valence-electron chi connectivity index (χ0n) is 25.7. The highest BCUT2D eigenvalue weighted by atomic mass is 16.7. The monoisotopic (exact) mass is 560 g/mol. The second-order valence-corrected chi connectivity index (χ2v) is 14.9. The van der Waals surface area contributed by atoms with E-state index in [2.05, 4.69) is 59.8 Å². The average molecular weight is 561 g/mol. The molecular weight excluding hydrogens is 504 g/mol. The maximum absolute atomic E-state index is 10.4. The average Bonchev–Trinajstić information content (AvgIpc) is 3.28. The molecule has 6 heteroatoms. The molecule has 14 atom stereocenters. The minimum absolute atomic E-state index is 0.0996. The highest BCUT2D eigenvalue weighted by Crippen LogP contribution is 2.67. The number of hydrogen-bond acceptors (Lipinski definition) is 6. The third-order valence-corrected chi connectivity index (χ3v) is 12.6. The number of aliphatic hydroxyl groups is 4. The van der Waals surface area contributed by atoms with E-state index >= 15 is 0 Å². The molecule has 0 unspecified atom stereocenters. The molecule has 40 heavy (non-hydrogen) atoms. The molecule has 4 aliphatic carbocycles. The summed E-state index contributed by atoms with van der Waals surface area (Å²) in [5.41, 5.74) is 2.39. The quantitative estimate of drug-likeness (QED) is 0.303. The van der Waals surface area contributed by atoms with Crippen molar-refractivity contribution in [1.82, 2.24) is 0 Å². The van der Waals surface area contributed by atoms with E-state index in [1.807, 2.05) is 0 Å². The molecule has 0 bridgehead atoms. The SMILES string of the molecule is CC[C@H](/C=C/[C@@H](C)[C@@H]1CC[C@@H]2C3=CC[C@H]4C[C@@H](O[C@@H]5O[C@H](O)[C@H](O)[C@@H](O)[C@@H]5O)CC[C@]4(C)[C@@H]3CC[C@@]21C)C(C)C. The van der Waals surface area contributed by atoms with Crippen molar-refractivity contribution in [2.24, 2.45) is 52.3 Å². The largest absolute Gasteiger partial charge is 0.387 e. The van der Waals surface area contributed by atoms with Crippen LogP contribution in [0.25, 0.3) is 0 Å². The van der Waals surface area contributed by atoms with Gasteiger partial charge in [0, 0.05) is 0 Å². The van der Waals surface area contributed by atoms with Gasteiger partial charge in [-0.1, -0.05) is 65.3 Å². The van der Waals surface area contributed by atoms with Gasteiger partial charge in [-0.3, -0.25) is 0 Å². The molecule has 0 aromatic heterocycles. The minimum Gasteiger partial charge on any atom is -0.387 e. The van der Waals surface area contributed by atoms with Crippen LogP contribution < -0.4 is 0 Å². The summed E-state index contributed by atoms with van der Waals surface area (Å²) < 4.78 is 11.4. The molecule has 4 fully saturated rings. The lowest BCUT2D eigenvalue weighted by Gasteiger charge is -2.58. The van der Waals surface area contributed by atoms with E-state index in [0.717, 1.165) is 31.6 Å². The number of allylic oxidation sites excluding steroid dienone is 4. The Hall–Kier alpha value is -0.760. The van der Waals surface area contributed by atoms with Crippen molar-refractivity contribution in [2.45, 2.75) is 136 Å². The van der Waals surface area contributed by atoms with Crippen molar-refractivity contribution in [3.05, 3.63) is 23.8 Å². The van der Waals surface area contributed by atoms with Crippen LogP contribution in [0, 0.1) is 52.3 Å². The van der Waals surface area contributed by atoms with Crippen LogP contribution in [0.4, 0.5) is 0 Å². The summed E-state index contributed by atoms with van der Waals surface area (Å²) in [5.74, 6) is 4.59. The van der Waals surface area contributed by atoms with Crippen molar-refractivity contribution in [3.8, 4) is 0 Å². The van der Waals surface area contributed by atoms with Gasteiger partial charge in [0.1, 0.15) is 18.3 Å². The van der Waals surface area contributed by atoms with Gasteiger partial charge in [-0.25, -0.2) is 0 Å².